The lowest BCUT2D eigenvalue weighted by Gasteiger charge is -2.11. The molecule has 0 saturated carbocycles. The number of aryl methyl sites for hydroxylation is 1. The van der Waals surface area contributed by atoms with Crippen molar-refractivity contribution in [2.75, 3.05) is 11.1 Å². The molecule has 3 aromatic rings. The maximum Gasteiger partial charge on any atom is 0.151 e. The molecule has 7 heteroatoms. The van der Waals surface area contributed by atoms with Crippen LogP contribution in [0.25, 0.3) is 11.4 Å². The predicted octanol–water partition coefficient (Wildman–Crippen LogP) is 3.31. The van der Waals surface area contributed by atoms with Crippen LogP contribution in [-0.4, -0.2) is 21.2 Å². The minimum Gasteiger partial charge on any atom is -0.395 e. The maximum absolute atomic E-state index is 14.0. The van der Waals surface area contributed by atoms with Gasteiger partial charge < -0.3 is 16.5 Å². The summed E-state index contributed by atoms with van der Waals surface area (Å²) in [5.41, 5.74) is 9.32. The van der Waals surface area contributed by atoms with E-state index < -0.39 is 5.82 Å². The fourth-order valence-electron chi connectivity index (χ4n) is 2.23. The highest BCUT2D eigenvalue weighted by Gasteiger charge is 2.10. The SMILES string of the molecule is Cc1ccc(F)c(-c2cc(Nc3ccnc(C=N)c3N)ccn2)n1. The van der Waals surface area contributed by atoms with E-state index in [0.717, 1.165) is 6.21 Å². The number of anilines is 3. The molecule has 0 bridgehead atoms. The molecule has 0 amide bonds. The van der Waals surface area contributed by atoms with Crippen molar-refractivity contribution in [3.8, 4) is 11.4 Å². The number of rotatable bonds is 4. The van der Waals surface area contributed by atoms with Crippen LogP contribution in [0.15, 0.2) is 42.7 Å². The molecule has 0 spiro atoms. The normalized spacial score (nSPS) is 10.4. The van der Waals surface area contributed by atoms with Crippen LogP contribution in [0.3, 0.4) is 0 Å². The van der Waals surface area contributed by atoms with Crippen LogP contribution < -0.4 is 11.1 Å². The smallest absolute Gasteiger partial charge is 0.151 e. The van der Waals surface area contributed by atoms with E-state index >= 15 is 0 Å². The van der Waals surface area contributed by atoms with E-state index in [1.807, 2.05) is 0 Å². The Bertz CT molecular complexity index is 909. The van der Waals surface area contributed by atoms with Crippen LogP contribution in [0, 0.1) is 18.2 Å². The highest BCUT2D eigenvalue weighted by atomic mass is 19.1. The van der Waals surface area contributed by atoms with Crippen molar-refractivity contribution in [1.82, 2.24) is 15.0 Å². The number of halogens is 1. The minimum atomic E-state index is -0.431. The Morgan fingerprint density at radius 3 is 2.75 bits per heavy atom. The number of pyridine rings is 3. The van der Waals surface area contributed by atoms with E-state index in [-0.39, 0.29) is 5.69 Å². The summed E-state index contributed by atoms with van der Waals surface area (Å²) >= 11 is 0. The Kier molecular flexibility index (Phi) is 4.15. The lowest BCUT2D eigenvalue weighted by molar-refractivity contribution is 0.624. The van der Waals surface area contributed by atoms with E-state index in [2.05, 4.69) is 20.3 Å². The number of nitrogen functional groups attached to an aromatic ring is 1. The summed E-state index contributed by atoms with van der Waals surface area (Å²) < 4.78 is 14.0. The average Bonchev–Trinajstić information content (AvgIpc) is 2.59. The van der Waals surface area contributed by atoms with Gasteiger partial charge in [-0.05, 0) is 37.3 Å². The van der Waals surface area contributed by atoms with Crippen molar-refractivity contribution in [1.29, 1.82) is 5.41 Å². The van der Waals surface area contributed by atoms with E-state index in [1.54, 1.807) is 43.6 Å². The number of nitrogens with one attached hydrogen (secondary N) is 2. The lowest BCUT2D eigenvalue weighted by atomic mass is 10.2. The molecule has 0 aliphatic rings. The van der Waals surface area contributed by atoms with Gasteiger partial charge in [0.1, 0.15) is 11.4 Å². The van der Waals surface area contributed by atoms with Gasteiger partial charge in [0.15, 0.2) is 5.82 Å². The Balaban J connectivity index is 1.97. The first-order valence-electron chi connectivity index (χ1n) is 7.20. The second-order valence-corrected chi connectivity index (χ2v) is 5.14. The molecule has 0 aliphatic heterocycles. The Labute approximate surface area is 138 Å². The van der Waals surface area contributed by atoms with Gasteiger partial charge in [-0.15, -0.1) is 0 Å². The molecule has 6 nitrogen and oxygen atoms in total. The Morgan fingerprint density at radius 2 is 1.96 bits per heavy atom. The molecule has 24 heavy (non-hydrogen) atoms. The Hall–Kier alpha value is -3.35. The number of hydrogen-bond donors (Lipinski definition) is 3. The monoisotopic (exact) mass is 322 g/mol. The molecule has 0 unspecified atom stereocenters. The van der Waals surface area contributed by atoms with E-state index in [9.17, 15) is 4.39 Å². The van der Waals surface area contributed by atoms with Gasteiger partial charge in [-0.1, -0.05) is 0 Å². The van der Waals surface area contributed by atoms with Crippen molar-refractivity contribution >= 4 is 23.3 Å². The molecule has 3 aromatic heterocycles. The van der Waals surface area contributed by atoms with Gasteiger partial charge in [-0.2, -0.15) is 0 Å². The third-order valence-corrected chi connectivity index (χ3v) is 3.42. The highest BCUT2D eigenvalue weighted by molar-refractivity contribution is 5.89. The molecule has 0 atom stereocenters. The molecule has 3 rings (SSSR count). The van der Waals surface area contributed by atoms with E-state index in [4.69, 9.17) is 11.1 Å². The number of aromatic nitrogens is 3. The number of nitrogens with zero attached hydrogens (tertiary/aromatic N) is 3. The summed E-state index contributed by atoms with van der Waals surface area (Å²) in [6.45, 7) is 1.79. The summed E-state index contributed by atoms with van der Waals surface area (Å²) in [6, 6.07) is 8.11. The first-order chi connectivity index (χ1) is 11.6. The van der Waals surface area contributed by atoms with Gasteiger partial charge >= 0.3 is 0 Å². The van der Waals surface area contributed by atoms with Crippen LogP contribution in [0.5, 0.6) is 0 Å². The van der Waals surface area contributed by atoms with Crippen LogP contribution in [0.1, 0.15) is 11.4 Å². The number of hydrogen-bond acceptors (Lipinski definition) is 6. The first-order valence-corrected chi connectivity index (χ1v) is 7.20. The van der Waals surface area contributed by atoms with Crippen LogP contribution in [0.2, 0.25) is 0 Å². The largest absolute Gasteiger partial charge is 0.395 e. The summed E-state index contributed by atoms with van der Waals surface area (Å²) in [5.74, 6) is -0.431. The lowest BCUT2D eigenvalue weighted by Crippen LogP contribution is -2.02. The second-order valence-electron chi connectivity index (χ2n) is 5.14. The quantitative estimate of drug-likeness (QED) is 0.640. The second kappa shape index (κ2) is 6.41. The molecule has 120 valence electrons. The van der Waals surface area contributed by atoms with Gasteiger partial charge in [0.25, 0.3) is 0 Å². The van der Waals surface area contributed by atoms with Gasteiger partial charge in [0, 0.05) is 30.0 Å². The third-order valence-electron chi connectivity index (χ3n) is 3.42. The molecule has 0 radical (unpaired) electrons. The van der Waals surface area contributed by atoms with Crippen molar-refractivity contribution < 1.29 is 4.39 Å². The van der Waals surface area contributed by atoms with E-state index in [1.165, 1.54) is 6.07 Å². The summed E-state index contributed by atoms with van der Waals surface area (Å²) in [5, 5.41) is 10.4. The molecule has 0 aliphatic carbocycles. The molecule has 0 saturated heterocycles. The molecule has 4 N–H and O–H groups in total. The number of nitrogens with two attached hydrogens (primary N) is 1. The predicted molar refractivity (Wildman–Crippen MR) is 92.0 cm³/mol. The zero-order chi connectivity index (χ0) is 17.1. The highest BCUT2D eigenvalue weighted by Crippen LogP contribution is 2.27. The van der Waals surface area contributed by atoms with Gasteiger partial charge in [0.2, 0.25) is 0 Å². The fourth-order valence-corrected chi connectivity index (χ4v) is 2.23. The van der Waals surface area contributed by atoms with E-state index in [0.29, 0.717) is 34.1 Å². The molecule has 0 aromatic carbocycles. The zero-order valence-corrected chi connectivity index (χ0v) is 12.9. The average molecular weight is 322 g/mol. The van der Waals surface area contributed by atoms with Crippen LogP contribution in [-0.2, 0) is 0 Å². The summed E-state index contributed by atoms with van der Waals surface area (Å²) in [4.78, 5) is 12.4. The molecule has 0 fully saturated rings. The maximum atomic E-state index is 14.0. The third kappa shape index (κ3) is 3.05. The van der Waals surface area contributed by atoms with Gasteiger partial charge in [-0.25, -0.2) is 9.37 Å². The molecular weight excluding hydrogens is 307 g/mol. The van der Waals surface area contributed by atoms with Crippen molar-refractivity contribution in [3.63, 3.8) is 0 Å². The van der Waals surface area contributed by atoms with Crippen molar-refractivity contribution in [3.05, 3.63) is 59.9 Å². The summed E-state index contributed by atoms with van der Waals surface area (Å²) in [7, 11) is 0. The zero-order valence-electron chi connectivity index (χ0n) is 12.9. The molecule has 3 heterocycles. The molecular formula is C17H15FN6. The summed E-state index contributed by atoms with van der Waals surface area (Å²) in [6.07, 6.45) is 4.21. The van der Waals surface area contributed by atoms with Crippen molar-refractivity contribution in [2.45, 2.75) is 6.92 Å². The van der Waals surface area contributed by atoms with Gasteiger partial charge in [0.05, 0.1) is 17.1 Å². The fraction of sp³-hybridized carbons (Fsp3) is 0.0588. The topological polar surface area (TPSA) is 101 Å². The van der Waals surface area contributed by atoms with Crippen molar-refractivity contribution in [2.24, 2.45) is 0 Å². The standard InChI is InChI=1S/C17H15FN6/c1-10-2-3-12(18)17(23-10)14-8-11(4-6-21-14)24-13-5-7-22-15(9-19)16(13)20/h2-9,19H,20H2,1H3,(H,21,22,24). The first kappa shape index (κ1) is 15.5. The van der Waals surface area contributed by atoms with Gasteiger partial charge in [-0.3, -0.25) is 9.97 Å². The minimum absolute atomic E-state index is 0.196. The van der Waals surface area contributed by atoms with Crippen LogP contribution in [0.4, 0.5) is 21.5 Å². The Morgan fingerprint density at radius 1 is 1.17 bits per heavy atom. The van der Waals surface area contributed by atoms with Crippen LogP contribution >= 0.6 is 0 Å².